The van der Waals surface area contributed by atoms with E-state index in [0.29, 0.717) is 17.9 Å². The zero-order valence-corrected chi connectivity index (χ0v) is 11.9. The van der Waals surface area contributed by atoms with Crippen molar-refractivity contribution >= 4 is 23.3 Å². The number of nitrogens with two attached hydrogens (primary N) is 1. The molecule has 0 spiro atoms. The summed E-state index contributed by atoms with van der Waals surface area (Å²) in [6, 6.07) is 3.06. The maximum Gasteiger partial charge on any atom is 0.251 e. The number of amides is 1. The molecule has 1 unspecified atom stereocenters. The van der Waals surface area contributed by atoms with E-state index < -0.39 is 0 Å². The summed E-state index contributed by atoms with van der Waals surface area (Å²) in [5.74, 6) is 5.43. The summed E-state index contributed by atoms with van der Waals surface area (Å²) in [4.78, 5) is 15.9. The molecule has 1 aromatic heterocycles. The molecule has 1 aromatic rings. The lowest BCUT2D eigenvalue weighted by Gasteiger charge is -2.22. The minimum atomic E-state index is -0.193. The van der Waals surface area contributed by atoms with Crippen molar-refractivity contribution < 1.29 is 9.53 Å². The fourth-order valence-electron chi connectivity index (χ4n) is 2.19. The minimum Gasteiger partial charge on any atom is -0.378 e. The summed E-state index contributed by atoms with van der Waals surface area (Å²) >= 11 is 5.82. The van der Waals surface area contributed by atoms with Gasteiger partial charge >= 0.3 is 0 Å². The Balaban J connectivity index is 1.83. The number of hydrogen-bond acceptors (Lipinski definition) is 5. The standard InChI is InChI=1S/C13H19ClN4O2/c14-11-7-9(8-12(17-11)18-15)13(19)16-5-4-10-3-1-2-6-20-10/h7-8,10H,1-6,15H2,(H,16,19)(H,17,18). The first-order valence-corrected chi connectivity index (χ1v) is 7.11. The summed E-state index contributed by atoms with van der Waals surface area (Å²) < 4.78 is 5.61. The molecule has 6 nitrogen and oxygen atoms in total. The number of hydrogen-bond donors (Lipinski definition) is 3. The molecule has 1 atom stereocenters. The van der Waals surface area contributed by atoms with Gasteiger partial charge in [-0.25, -0.2) is 10.8 Å². The van der Waals surface area contributed by atoms with E-state index in [1.165, 1.54) is 12.5 Å². The van der Waals surface area contributed by atoms with Gasteiger partial charge in [-0.1, -0.05) is 11.6 Å². The highest BCUT2D eigenvalue weighted by molar-refractivity contribution is 6.29. The lowest BCUT2D eigenvalue weighted by molar-refractivity contribution is 0.0117. The molecule has 0 aromatic carbocycles. The Kier molecular flexibility index (Phi) is 5.58. The first-order valence-electron chi connectivity index (χ1n) is 6.73. The number of halogens is 1. The van der Waals surface area contributed by atoms with Crippen LogP contribution in [0.15, 0.2) is 12.1 Å². The molecule has 1 fully saturated rings. The fourth-order valence-corrected chi connectivity index (χ4v) is 2.39. The smallest absolute Gasteiger partial charge is 0.251 e. The zero-order valence-electron chi connectivity index (χ0n) is 11.2. The van der Waals surface area contributed by atoms with Crippen LogP contribution in [0.4, 0.5) is 5.82 Å². The van der Waals surface area contributed by atoms with E-state index in [9.17, 15) is 4.79 Å². The van der Waals surface area contributed by atoms with Gasteiger partial charge in [0.1, 0.15) is 11.0 Å². The van der Waals surface area contributed by atoms with E-state index in [0.717, 1.165) is 25.9 Å². The van der Waals surface area contributed by atoms with Gasteiger partial charge in [0.15, 0.2) is 0 Å². The summed E-state index contributed by atoms with van der Waals surface area (Å²) in [5, 5.41) is 3.07. The van der Waals surface area contributed by atoms with Crippen LogP contribution >= 0.6 is 11.6 Å². The molecule has 0 saturated carbocycles. The number of hydrazine groups is 1. The Bertz CT molecular complexity index is 464. The Morgan fingerprint density at radius 3 is 3.05 bits per heavy atom. The zero-order chi connectivity index (χ0) is 14.4. The van der Waals surface area contributed by atoms with Crippen LogP contribution in [0, 0.1) is 0 Å². The van der Waals surface area contributed by atoms with Gasteiger partial charge in [-0.3, -0.25) is 4.79 Å². The van der Waals surface area contributed by atoms with Gasteiger partial charge in [-0.15, -0.1) is 0 Å². The van der Waals surface area contributed by atoms with E-state index in [1.807, 2.05) is 0 Å². The molecule has 20 heavy (non-hydrogen) atoms. The molecule has 2 heterocycles. The Morgan fingerprint density at radius 1 is 1.50 bits per heavy atom. The van der Waals surface area contributed by atoms with Crippen molar-refractivity contribution in [3.63, 3.8) is 0 Å². The van der Waals surface area contributed by atoms with Crippen molar-refractivity contribution in [1.29, 1.82) is 0 Å². The number of anilines is 1. The molecule has 1 aliphatic rings. The van der Waals surface area contributed by atoms with Gasteiger partial charge in [0.25, 0.3) is 5.91 Å². The third kappa shape index (κ3) is 4.33. The van der Waals surface area contributed by atoms with Crippen molar-refractivity contribution in [2.45, 2.75) is 31.8 Å². The normalized spacial score (nSPS) is 18.6. The molecule has 2 rings (SSSR count). The molecule has 4 N–H and O–H groups in total. The maximum absolute atomic E-state index is 12.0. The van der Waals surface area contributed by atoms with Crippen LogP contribution in [0.3, 0.4) is 0 Å². The van der Waals surface area contributed by atoms with Crippen molar-refractivity contribution in [3.8, 4) is 0 Å². The van der Waals surface area contributed by atoms with Crippen LogP contribution in [0.25, 0.3) is 0 Å². The third-order valence-electron chi connectivity index (χ3n) is 3.23. The number of nitrogens with one attached hydrogen (secondary N) is 2. The number of carbonyl (C=O) groups excluding carboxylic acids is 1. The molecule has 1 saturated heterocycles. The SMILES string of the molecule is NNc1cc(C(=O)NCCC2CCCCO2)cc(Cl)n1. The molecule has 0 radical (unpaired) electrons. The van der Waals surface area contributed by atoms with E-state index in [4.69, 9.17) is 22.2 Å². The highest BCUT2D eigenvalue weighted by atomic mass is 35.5. The van der Waals surface area contributed by atoms with Crippen LogP contribution in [0.5, 0.6) is 0 Å². The average molecular weight is 299 g/mol. The van der Waals surface area contributed by atoms with Gasteiger partial charge < -0.3 is 15.5 Å². The fraction of sp³-hybridized carbons (Fsp3) is 0.538. The van der Waals surface area contributed by atoms with E-state index in [1.54, 1.807) is 6.07 Å². The lowest BCUT2D eigenvalue weighted by atomic mass is 10.1. The van der Waals surface area contributed by atoms with E-state index >= 15 is 0 Å². The summed E-state index contributed by atoms with van der Waals surface area (Å²) in [6.07, 6.45) is 4.48. The minimum absolute atomic E-state index is 0.193. The molecule has 0 aliphatic carbocycles. The second-order valence-electron chi connectivity index (χ2n) is 4.74. The predicted molar refractivity (Wildman–Crippen MR) is 77.6 cm³/mol. The van der Waals surface area contributed by atoms with E-state index in [2.05, 4.69) is 15.7 Å². The molecular formula is C13H19ClN4O2. The van der Waals surface area contributed by atoms with Gasteiger partial charge in [-0.2, -0.15) is 0 Å². The molecule has 0 bridgehead atoms. The lowest BCUT2D eigenvalue weighted by Crippen LogP contribution is -2.29. The average Bonchev–Trinajstić information content (AvgIpc) is 2.47. The number of carbonyl (C=O) groups is 1. The van der Waals surface area contributed by atoms with Crippen molar-refractivity contribution in [1.82, 2.24) is 10.3 Å². The second kappa shape index (κ2) is 7.42. The number of pyridine rings is 1. The van der Waals surface area contributed by atoms with E-state index in [-0.39, 0.29) is 17.2 Å². The Morgan fingerprint density at radius 2 is 2.35 bits per heavy atom. The Labute approximate surface area is 123 Å². The van der Waals surface area contributed by atoms with Crippen molar-refractivity contribution in [2.75, 3.05) is 18.6 Å². The molecule has 110 valence electrons. The molecule has 1 amide bonds. The Hall–Kier alpha value is -1.37. The molecule has 1 aliphatic heterocycles. The first-order chi connectivity index (χ1) is 9.69. The summed E-state index contributed by atoms with van der Waals surface area (Å²) in [7, 11) is 0. The largest absolute Gasteiger partial charge is 0.378 e. The van der Waals surface area contributed by atoms with Crippen LogP contribution in [-0.2, 0) is 4.74 Å². The number of aromatic nitrogens is 1. The number of ether oxygens (including phenoxy) is 1. The van der Waals surface area contributed by atoms with Crippen molar-refractivity contribution in [2.24, 2.45) is 5.84 Å². The maximum atomic E-state index is 12.0. The third-order valence-corrected chi connectivity index (χ3v) is 3.42. The highest BCUT2D eigenvalue weighted by Crippen LogP contribution is 2.16. The quantitative estimate of drug-likeness (QED) is 0.437. The van der Waals surface area contributed by atoms with Crippen LogP contribution < -0.4 is 16.6 Å². The van der Waals surface area contributed by atoms with Gasteiger partial charge in [0.05, 0.1) is 6.10 Å². The molecule has 7 heteroatoms. The summed E-state index contributed by atoms with van der Waals surface area (Å²) in [6.45, 7) is 1.40. The van der Waals surface area contributed by atoms with Crippen LogP contribution in [0.2, 0.25) is 5.15 Å². The van der Waals surface area contributed by atoms with Gasteiger partial charge in [-0.05, 0) is 37.8 Å². The van der Waals surface area contributed by atoms with Crippen molar-refractivity contribution in [3.05, 3.63) is 22.8 Å². The van der Waals surface area contributed by atoms with Crippen LogP contribution in [0.1, 0.15) is 36.0 Å². The highest BCUT2D eigenvalue weighted by Gasteiger charge is 2.14. The van der Waals surface area contributed by atoms with Crippen LogP contribution in [-0.4, -0.2) is 30.1 Å². The summed E-state index contributed by atoms with van der Waals surface area (Å²) in [5.41, 5.74) is 2.81. The first kappa shape index (κ1) is 15.0. The second-order valence-corrected chi connectivity index (χ2v) is 5.13. The predicted octanol–water partition coefficient (Wildman–Crippen LogP) is 1.71. The molecular weight excluding hydrogens is 280 g/mol. The topological polar surface area (TPSA) is 89.3 Å². The number of rotatable bonds is 5. The number of nitrogens with zero attached hydrogens (tertiary/aromatic N) is 1. The number of nitrogen functional groups attached to an aromatic ring is 1. The van der Waals surface area contributed by atoms with Gasteiger partial charge in [0, 0.05) is 18.7 Å². The van der Waals surface area contributed by atoms with Gasteiger partial charge in [0.2, 0.25) is 0 Å². The monoisotopic (exact) mass is 298 g/mol.